The third-order valence-corrected chi connectivity index (χ3v) is 9.65. The molecule has 206 valence electrons. The number of β-lactam (4-membered cyclic amide) rings is 1. The highest BCUT2D eigenvalue weighted by atomic mass is 31.2. The van der Waals surface area contributed by atoms with Gasteiger partial charge in [-0.25, -0.2) is 4.79 Å². The van der Waals surface area contributed by atoms with E-state index in [4.69, 9.17) is 9.26 Å². The van der Waals surface area contributed by atoms with Gasteiger partial charge in [0, 0.05) is 18.1 Å². The van der Waals surface area contributed by atoms with E-state index >= 15 is 0 Å². The monoisotopic (exact) mass is 562 g/mol. The number of amides is 1. The molecule has 0 bridgehead atoms. The summed E-state index contributed by atoms with van der Waals surface area (Å²) in [6, 6.07) is 22.2. The smallest absolute Gasteiger partial charge is 0.358 e. The standard InChI is InChI=1S/C29H27N2O8P/c1-18-25-24(19(2)32)28(33)30(25)26(29(34)38-17-20-13-15-21(16-14-20)31(35)36)27(18)39-40(37,22-9-5-3-6-10-22)23-11-7-4-8-12-23/h3-16,18-19,24-25,32H,17H2,1-2H3/t18-,19-,24-,25-/m1/s1. The lowest BCUT2D eigenvalue weighted by molar-refractivity contribution is -0.384. The van der Waals surface area contributed by atoms with Gasteiger partial charge in [-0.1, -0.05) is 43.3 Å². The summed E-state index contributed by atoms with van der Waals surface area (Å²) in [6.07, 6.45) is -0.969. The zero-order valence-electron chi connectivity index (χ0n) is 21.7. The molecular formula is C29H27N2O8P. The summed E-state index contributed by atoms with van der Waals surface area (Å²) >= 11 is 0. The minimum Gasteiger partial charge on any atom is -0.456 e. The highest BCUT2D eigenvalue weighted by Crippen LogP contribution is 2.55. The molecule has 0 aromatic heterocycles. The molecule has 0 aliphatic carbocycles. The van der Waals surface area contributed by atoms with Crippen LogP contribution in [0.5, 0.6) is 0 Å². The van der Waals surface area contributed by atoms with Gasteiger partial charge in [-0.05, 0) is 48.9 Å². The van der Waals surface area contributed by atoms with E-state index in [9.17, 15) is 29.4 Å². The van der Waals surface area contributed by atoms with Gasteiger partial charge in [0.2, 0.25) is 5.91 Å². The second-order valence-corrected chi connectivity index (χ2v) is 12.1. The van der Waals surface area contributed by atoms with Crippen LogP contribution >= 0.6 is 7.37 Å². The van der Waals surface area contributed by atoms with Crippen LogP contribution < -0.4 is 10.6 Å². The summed E-state index contributed by atoms with van der Waals surface area (Å²) in [5.41, 5.74) is 0.239. The van der Waals surface area contributed by atoms with Crippen molar-refractivity contribution >= 4 is 35.5 Å². The quantitative estimate of drug-likeness (QED) is 0.137. The van der Waals surface area contributed by atoms with Crippen LogP contribution in [0.4, 0.5) is 5.69 Å². The van der Waals surface area contributed by atoms with Crippen molar-refractivity contribution < 1.29 is 33.4 Å². The van der Waals surface area contributed by atoms with Crippen molar-refractivity contribution in [2.75, 3.05) is 0 Å². The fourth-order valence-corrected chi connectivity index (χ4v) is 7.37. The molecular weight excluding hydrogens is 535 g/mol. The van der Waals surface area contributed by atoms with E-state index in [0.29, 0.717) is 16.2 Å². The van der Waals surface area contributed by atoms with Gasteiger partial charge in [0.25, 0.3) is 5.69 Å². The average molecular weight is 563 g/mol. The lowest BCUT2D eigenvalue weighted by Crippen LogP contribution is -2.63. The first-order valence-corrected chi connectivity index (χ1v) is 14.3. The third kappa shape index (κ3) is 4.69. The van der Waals surface area contributed by atoms with Gasteiger partial charge < -0.3 is 14.4 Å². The van der Waals surface area contributed by atoms with Crippen molar-refractivity contribution in [3.05, 3.63) is 112 Å². The Balaban J connectivity index is 1.53. The molecule has 1 amide bonds. The summed E-state index contributed by atoms with van der Waals surface area (Å²) in [7, 11) is -3.80. The van der Waals surface area contributed by atoms with E-state index in [1.54, 1.807) is 67.6 Å². The number of non-ortho nitro benzene ring substituents is 1. The number of nitro benzene ring substituents is 1. The number of ether oxygens (including phenoxy) is 1. The van der Waals surface area contributed by atoms with Crippen LogP contribution in [0, 0.1) is 22.0 Å². The van der Waals surface area contributed by atoms with Crippen LogP contribution in [0.25, 0.3) is 0 Å². The number of hydrogen-bond donors (Lipinski definition) is 1. The maximum Gasteiger partial charge on any atom is 0.358 e. The topological polar surface area (TPSA) is 136 Å². The first-order chi connectivity index (χ1) is 19.1. The van der Waals surface area contributed by atoms with Crippen LogP contribution in [0.15, 0.2) is 96.4 Å². The number of nitro groups is 1. The number of carbonyl (C=O) groups excluding carboxylic acids is 2. The first kappa shape index (κ1) is 27.3. The van der Waals surface area contributed by atoms with Crippen LogP contribution in [0.1, 0.15) is 19.4 Å². The second kappa shape index (κ2) is 10.7. The number of benzene rings is 3. The average Bonchev–Trinajstić information content (AvgIpc) is 3.20. The van der Waals surface area contributed by atoms with Gasteiger partial charge in [0.1, 0.15) is 12.4 Å². The van der Waals surface area contributed by atoms with Crippen molar-refractivity contribution in [1.82, 2.24) is 4.90 Å². The minimum absolute atomic E-state index is 0.0474. The molecule has 3 aromatic rings. The van der Waals surface area contributed by atoms with E-state index in [-0.39, 0.29) is 23.8 Å². The SMILES string of the molecule is C[C@@H](O)[C@H]1C(=O)N2C(C(=O)OCc3ccc([N+](=O)[O-])cc3)=C(OP(=O)(c3ccccc3)c3ccccc3)[C@H](C)[C@H]12. The highest BCUT2D eigenvalue weighted by molar-refractivity contribution is 7.74. The van der Waals surface area contributed by atoms with Gasteiger partial charge in [-0.2, -0.15) is 0 Å². The molecule has 11 heteroatoms. The fraction of sp³-hybridized carbons (Fsp3) is 0.241. The molecule has 2 heterocycles. The van der Waals surface area contributed by atoms with E-state index in [1.165, 1.54) is 36.1 Å². The Morgan fingerprint density at radius 1 is 1.02 bits per heavy atom. The van der Waals surface area contributed by atoms with Crippen LogP contribution in [-0.2, 0) is 30.0 Å². The third-order valence-electron chi connectivity index (χ3n) is 7.24. The van der Waals surface area contributed by atoms with Gasteiger partial charge in [-0.3, -0.25) is 24.4 Å². The number of aliphatic hydroxyl groups excluding tert-OH is 1. The van der Waals surface area contributed by atoms with Crippen molar-refractivity contribution in [1.29, 1.82) is 0 Å². The molecule has 40 heavy (non-hydrogen) atoms. The van der Waals surface area contributed by atoms with Gasteiger partial charge >= 0.3 is 13.3 Å². The normalized spacial score (nSPS) is 20.9. The Bertz CT molecular complexity index is 1480. The molecule has 4 atom stereocenters. The molecule has 0 spiro atoms. The van der Waals surface area contributed by atoms with Crippen LogP contribution in [0.3, 0.4) is 0 Å². The molecule has 5 rings (SSSR count). The fourth-order valence-electron chi connectivity index (χ4n) is 5.21. The number of fused-ring (bicyclic) bond motifs is 1. The molecule has 1 N–H and O–H groups in total. The van der Waals surface area contributed by atoms with Crippen molar-refractivity contribution in [2.24, 2.45) is 11.8 Å². The number of rotatable bonds is 9. The summed E-state index contributed by atoms with van der Waals surface area (Å²) in [5.74, 6) is -2.61. The Morgan fingerprint density at radius 2 is 1.57 bits per heavy atom. The van der Waals surface area contributed by atoms with Crippen LogP contribution in [0.2, 0.25) is 0 Å². The molecule has 10 nitrogen and oxygen atoms in total. The molecule has 0 radical (unpaired) electrons. The Kier molecular flexibility index (Phi) is 7.31. The van der Waals surface area contributed by atoms with Gasteiger partial charge in [0.15, 0.2) is 5.70 Å². The van der Waals surface area contributed by atoms with E-state index in [2.05, 4.69) is 0 Å². The lowest BCUT2D eigenvalue weighted by Gasteiger charge is -2.46. The molecule has 1 saturated heterocycles. The number of esters is 1. The largest absolute Gasteiger partial charge is 0.456 e. The molecule has 0 saturated carbocycles. The van der Waals surface area contributed by atoms with Crippen molar-refractivity contribution in [2.45, 2.75) is 32.6 Å². The minimum atomic E-state index is -3.80. The van der Waals surface area contributed by atoms with Crippen molar-refractivity contribution in [3.8, 4) is 0 Å². The summed E-state index contributed by atoms with van der Waals surface area (Å²) in [5, 5.41) is 22.1. The maximum absolute atomic E-state index is 14.7. The Hall–Kier alpha value is -4.27. The predicted octanol–water partition coefficient (Wildman–Crippen LogP) is 3.65. The maximum atomic E-state index is 14.7. The van der Waals surface area contributed by atoms with Gasteiger partial charge in [0.05, 0.1) is 33.6 Å². The molecule has 3 aromatic carbocycles. The number of nitrogens with zero attached hydrogens (tertiary/aromatic N) is 2. The number of aliphatic hydroxyl groups is 1. The summed E-state index contributed by atoms with van der Waals surface area (Å²) in [4.78, 5) is 38.3. The van der Waals surface area contributed by atoms with Crippen LogP contribution in [-0.4, -0.2) is 39.0 Å². The number of carbonyl (C=O) groups is 2. The first-order valence-electron chi connectivity index (χ1n) is 12.7. The zero-order chi connectivity index (χ0) is 28.6. The zero-order valence-corrected chi connectivity index (χ0v) is 22.6. The summed E-state index contributed by atoms with van der Waals surface area (Å²) < 4.78 is 26.5. The molecule has 0 unspecified atom stereocenters. The van der Waals surface area contributed by atoms with Crippen molar-refractivity contribution in [3.63, 3.8) is 0 Å². The highest BCUT2D eigenvalue weighted by Gasteiger charge is 2.61. The van der Waals surface area contributed by atoms with E-state index < -0.39 is 48.2 Å². The van der Waals surface area contributed by atoms with E-state index in [1.807, 2.05) is 0 Å². The second-order valence-electron chi connectivity index (χ2n) is 9.78. The Labute approximate surface area is 230 Å². The lowest BCUT2D eigenvalue weighted by atomic mass is 9.79. The molecule has 1 fully saturated rings. The van der Waals surface area contributed by atoms with Gasteiger partial charge in [-0.15, -0.1) is 0 Å². The number of hydrogen-bond acceptors (Lipinski definition) is 8. The van der Waals surface area contributed by atoms with E-state index in [0.717, 1.165) is 0 Å². The molecule has 2 aliphatic heterocycles. The summed E-state index contributed by atoms with van der Waals surface area (Å²) in [6.45, 7) is 3.05. The molecule has 2 aliphatic rings. The predicted molar refractivity (Wildman–Crippen MR) is 146 cm³/mol. The Morgan fingerprint density at radius 3 is 2.08 bits per heavy atom.